The summed E-state index contributed by atoms with van der Waals surface area (Å²) in [5.74, 6) is -1.44. The molecule has 0 fully saturated rings. The molecule has 0 saturated heterocycles. The third-order valence-electron chi connectivity index (χ3n) is 2.13. The SMILES string of the molecule is O=C(O)c1[nH]c2ccccc2c1S(=O)(=O)O. The molecule has 0 unspecified atom stereocenters. The van der Waals surface area contributed by atoms with E-state index in [4.69, 9.17) is 9.66 Å². The van der Waals surface area contributed by atoms with Gasteiger partial charge in [0.2, 0.25) is 0 Å². The number of para-hydroxylation sites is 1. The highest BCUT2D eigenvalue weighted by Crippen LogP contribution is 2.26. The van der Waals surface area contributed by atoms with E-state index in [0.29, 0.717) is 5.52 Å². The Bertz CT molecular complexity index is 670. The van der Waals surface area contributed by atoms with Gasteiger partial charge in [-0.1, -0.05) is 18.2 Å². The normalized spacial score (nSPS) is 11.8. The number of aromatic amines is 1. The molecule has 0 bridgehead atoms. The summed E-state index contributed by atoms with van der Waals surface area (Å²) in [4.78, 5) is 12.7. The van der Waals surface area contributed by atoms with E-state index in [9.17, 15) is 13.2 Å². The summed E-state index contributed by atoms with van der Waals surface area (Å²) >= 11 is 0. The fourth-order valence-electron chi connectivity index (χ4n) is 1.53. The van der Waals surface area contributed by atoms with Gasteiger partial charge in [0.25, 0.3) is 10.1 Å². The van der Waals surface area contributed by atoms with E-state index in [0.717, 1.165) is 0 Å². The molecule has 2 rings (SSSR count). The van der Waals surface area contributed by atoms with Crippen molar-refractivity contribution in [3.05, 3.63) is 30.0 Å². The number of nitrogens with one attached hydrogen (secondary N) is 1. The zero-order valence-corrected chi connectivity index (χ0v) is 8.65. The van der Waals surface area contributed by atoms with Crippen LogP contribution in [0.3, 0.4) is 0 Å². The number of hydrogen-bond donors (Lipinski definition) is 3. The third kappa shape index (κ3) is 1.55. The van der Waals surface area contributed by atoms with Crippen LogP contribution in [0, 0.1) is 0 Å². The molecule has 0 aliphatic heterocycles. The number of carboxylic acids is 1. The molecule has 84 valence electrons. The van der Waals surface area contributed by atoms with E-state index in [1.807, 2.05) is 0 Å². The van der Waals surface area contributed by atoms with Gasteiger partial charge in [0.1, 0.15) is 10.6 Å². The van der Waals surface area contributed by atoms with Gasteiger partial charge in [-0.3, -0.25) is 4.55 Å². The second-order valence-electron chi connectivity index (χ2n) is 3.15. The highest BCUT2D eigenvalue weighted by Gasteiger charge is 2.25. The Morgan fingerprint density at radius 2 is 1.88 bits per heavy atom. The molecule has 0 aliphatic carbocycles. The number of hydrogen-bond acceptors (Lipinski definition) is 3. The third-order valence-corrected chi connectivity index (χ3v) is 3.07. The molecular formula is C9H7NO5S. The second kappa shape index (κ2) is 3.32. The molecule has 0 spiro atoms. The summed E-state index contributed by atoms with van der Waals surface area (Å²) in [7, 11) is -4.57. The molecule has 6 nitrogen and oxygen atoms in total. The van der Waals surface area contributed by atoms with E-state index in [1.54, 1.807) is 12.1 Å². The van der Waals surface area contributed by atoms with Crippen LogP contribution in [-0.2, 0) is 10.1 Å². The summed E-state index contributed by atoms with van der Waals surface area (Å²) in [6.45, 7) is 0. The Hall–Kier alpha value is -1.86. The van der Waals surface area contributed by atoms with Gasteiger partial charge < -0.3 is 10.1 Å². The molecule has 0 saturated carbocycles. The van der Waals surface area contributed by atoms with Gasteiger partial charge in [0.15, 0.2) is 0 Å². The fraction of sp³-hybridized carbons (Fsp3) is 0. The van der Waals surface area contributed by atoms with Crippen molar-refractivity contribution >= 4 is 27.0 Å². The Balaban J connectivity index is 2.97. The highest BCUT2D eigenvalue weighted by atomic mass is 32.2. The number of H-pyrrole nitrogens is 1. The van der Waals surface area contributed by atoms with Crippen molar-refractivity contribution in [2.75, 3.05) is 0 Å². The Kier molecular flexibility index (Phi) is 2.21. The van der Waals surface area contributed by atoms with Crippen LogP contribution in [0.15, 0.2) is 29.2 Å². The summed E-state index contributed by atoms with van der Waals surface area (Å²) in [5, 5.41) is 8.98. The van der Waals surface area contributed by atoms with Gasteiger partial charge in [0.05, 0.1) is 0 Å². The van der Waals surface area contributed by atoms with Crippen molar-refractivity contribution in [1.29, 1.82) is 0 Å². The first-order chi connectivity index (χ1) is 7.41. The highest BCUT2D eigenvalue weighted by molar-refractivity contribution is 7.86. The monoisotopic (exact) mass is 241 g/mol. The Morgan fingerprint density at radius 3 is 2.44 bits per heavy atom. The van der Waals surface area contributed by atoms with Gasteiger partial charge in [-0.2, -0.15) is 8.42 Å². The number of carbonyl (C=O) groups is 1. The Morgan fingerprint density at radius 1 is 1.25 bits per heavy atom. The minimum absolute atomic E-state index is 0.155. The summed E-state index contributed by atoms with van der Waals surface area (Å²) in [6, 6.07) is 6.12. The molecule has 0 radical (unpaired) electrons. The molecule has 1 aromatic heterocycles. The van der Waals surface area contributed by atoms with Crippen molar-refractivity contribution in [2.24, 2.45) is 0 Å². The molecule has 1 aromatic carbocycles. The maximum atomic E-state index is 11.1. The zero-order valence-electron chi connectivity index (χ0n) is 7.84. The lowest BCUT2D eigenvalue weighted by Crippen LogP contribution is -2.06. The minimum atomic E-state index is -4.57. The summed E-state index contributed by atoms with van der Waals surface area (Å²) < 4.78 is 31.2. The maximum Gasteiger partial charge on any atom is 0.353 e. The lowest BCUT2D eigenvalue weighted by Gasteiger charge is -1.96. The van der Waals surface area contributed by atoms with Crippen LogP contribution in [0.1, 0.15) is 10.5 Å². The van der Waals surface area contributed by atoms with E-state index < -0.39 is 26.7 Å². The molecule has 16 heavy (non-hydrogen) atoms. The van der Waals surface area contributed by atoms with Gasteiger partial charge >= 0.3 is 5.97 Å². The first-order valence-corrected chi connectivity index (χ1v) is 5.67. The maximum absolute atomic E-state index is 11.1. The first kappa shape index (κ1) is 10.7. The molecule has 3 N–H and O–H groups in total. The molecule has 0 aliphatic rings. The second-order valence-corrected chi connectivity index (χ2v) is 4.51. The number of fused-ring (bicyclic) bond motifs is 1. The number of aromatic nitrogens is 1. The average molecular weight is 241 g/mol. The Labute approximate surface area is 90.3 Å². The van der Waals surface area contributed by atoms with E-state index in [2.05, 4.69) is 4.98 Å². The first-order valence-electron chi connectivity index (χ1n) is 4.23. The largest absolute Gasteiger partial charge is 0.477 e. The molecule has 7 heteroatoms. The minimum Gasteiger partial charge on any atom is -0.477 e. The number of rotatable bonds is 2. The number of carboxylic acid groups (broad SMARTS) is 1. The molecular weight excluding hydrogens is 234 g/mol. The van der Waals surface area contributed by atoms with Crippen molar-refractivity contribution in [3.8, 4) is 0 Å². The van der Waals surface area contributed by atoms with Crippen LogP contribution >= 0.6 is 0 Å². The van der Waals surface area contributed by atoms with Crippen LogP contribution in [0.5, 0.6) is 0 Å². The van der Waals surface area contributed by atoms with Crippen molar-refractivity contribution < 1.29 is 22.9 Å². The van der Waals surface area contributed by atoms with Crippen molar-refractivity contribution in [2.45, 2.75) is 4.90 Å². The number of benzene rings is 1. The lowest BCUT2D eigenvalue weighted by molar-refractivity contribution is 0.0687. The molecule has 1 heterocycles. The standard InChI is InChI=1S/C9H7NO5S/c11-9(12)7-8(16(13,14)15)5-3-1-2-4-6(5)10-7/h1-4,10H,(H,11,12)(H,13,14,15). The van der Waals surface area contributed by atoms with Crippen molar-refractivity contribution in [3.63, 3.8) is 0 Å². The fourth-order valence-corrected chi connectivity index (χ4v) is 2.39. The molecule has 0 atom stereocenters. The predicted octanol–water partition coefficient (Wildman–Crippen LogP) is 1.11. The van der Waals surface area contributed by atoms with E-state index >= 15 is 0 Å². The topological polar surface area (TPSA) is 107 Å². The van der Waals surface area contributed by atoms with Gasteiger partial charge in [0, 0.05) is 10.9 Å². The van der Waals surface area contributed by atoms with Gasteiger partial charge in [-0.05, 0) is 6.07 Å². The number of aromatic carboxylic acids is 1. The van der Waals surface area contributed by atoms with Gasteiger partial charge in [-0.15, -0.1) is 0 Å². The lowest BCUT2D eigenvalue weighted by atomic mass is 10.2. The molecule has 0 amide bonds. The van der Waals surface area contributed by atoms with Crippen molar-refractivity contribution in [1.82, 2.24) is 4.98 Å². The van der Waals surface area contributed by atoms with Crippen LogP contribution in [-0.4, -0.2) is 29.0 Å². The average Bonchev–Trinajstić information content (AvgIpc) is 2.55. The van der Waals surface area contributed by atoms with Crippen LogP contribution < -0.4 is 0 Å². The van der Waals surface area contributed by atoms with Crippen LogP contribution in [0.2, 0.25) is 0 Å². The zero-order chi connectivity index (χ0) is 11.9. The van der Waals surface area contributed by atoms with E-state index in [-0.39, 0.29) is 5.39 Å². The van der Waals surface area contributed by atoms with Crippen LogP contribution in [0.25, 0.3) is 10.9 Å². The van der Waals surface area contributed by atoms with E-state index in [1.165, 1.54) is 12.1 Å². The summed E-state index contributed by atoms with van der Waals surface area (Å²) in [6.07, 6.45) is 0. The molecule has 2 aromatic rings. The predicted molar refractivity (Wildman–Crippen MR) is 55.1 cm³/mol. The van der Waals surface area contributed by atoms with Crippen LogP contribution in [0.4, 0.5) is 0 Å². The van der Waals surface area contributed by atoms with Gasteiger partial charge in [-0.25, -0.2) is 4.79 Å². The summed E-state index contributed by atoms with van der Waals surface area (Å²) in [5.41, 5.74) is -0.198. The smallest absolute Gasteiger partial charge is 0.353 e. The quantitative estimate of drug-likeness (QED) is 0.682.